The van der Waals surface area contributed by atoms with Crippen LogP contribution >= 0.6 is 11.6 Å². The molecule has 1 unspecified atom stereocenters. The predicted octanol–water partition coefficient (Wildman–Crippen LogP) is 2.53. The summed E-state index contributed by atoms with van der Waals surface area (Å²) in [5, 5.41) is 13.7. The summed E-state index contributed by atoms with van der Waals surface area (Å²) in [6, 6.07) is 7.92. The Kier molecular flexibility index (Phi) is 8.57. The quantitative estimate of drug-likeness (QED) is 0.313. The van der Waals surface area contributed by atoms with Gasteiger partial charge in [-0.2, -0.15) is 0 Å². The fraction of sp³-hybridized carbons (Fsp3) is 0.259. The third kappa shape index (κ3) is 7.00. The molecule has 2 aliphatic rings. The number of urea groups is 2. The standard InChI is InChI=1S/C27H28ClN7O6/c1-14-4-5-16(11-19(14)28)31-26(40)29-13-15-8-17(10-18(9-15)32-27(41)34(2)3)30-20-12-23(37)35(25(20)39)21-6-7-22(36)33-24(21)38/h4-5,8-12,21,30H,6-7,13H2,1-3H3,(H,32,41)(H2,29,31,40)(H,33,36,38). The maximum Gasteiger partial charge on any atom is 0.321 e. The number of nitrogens with zero attached hydrogens (tertiary/aromatic N) is 2. The lowest BCUT2D eigenvalue weighted by molar-refractivity contribution is -0.149. The van der Waals surface area contributed by atoms with E-state index < -0.39 is 41.7 Å². The number of carbonyl (C=O) groups excluding carboxylic acids is 6. The van der Waals surface area contributed by atoms with Crippen LogP contribution in [0, 0.1) is 6.92 Å². The Labute approximate surface area is 240 Å². The van der Waals surface area contributed by atoms with Crippen molar-refractivity contribution in [3.8, 4) is 0 Å². The highest BCUT2D eigenvalue weighted by molar-refractivity contribution is 6.31. The van der Waals surface area contributed by atoms with Crippen LogP contribution in [-0.4, -0.2) is 65.6 Å². The first kappa shape index (κ1) is 29.1. The van der Waals surface area contributed by atoms with E-state index in [1.54, 1.807) is 50.5 Å². The molecule has 214 valence electrons. The monoisotopic (exact) mass is 581 g/mol. The van der Waals surface area contributed by atoms with Gasteiger partial charge in [0.1, 0.15) is 11.7 Å². The van der Waals surface area contributed by atoms with Gasteiger partial charge >= 0.3 is 12.1 Å². The summed E-state index contributed by atoms with van der Waals surface area (Å²) in [4.78, 5) is 76.4. The van der Waals surface area contributed by atoms with E-state index in [0.29, 0.717) is 27.6 Å². The van der Waals surface area contributed by atoms with Gasteiger partial charge in [-0.25, -0.2) is 9.59 Å². The number of rotatable bonds is 7. The largest absolute Gasteiger partial charge is 0.351 e. The van der Waals surface area contributed by atoms with Crippen LogP contribution in [0.3, 0.4) is 0 Å². The third-order valence-corrected chi connectivity index (χ3v) is 6.70. The fourth-order valence-corrected chi connectivity index (χ4v) is 4.34. The van der Waals surface area contributed by atoms with E-state index in [0.717, 1.165) is 16.5 Å². The van der Waals surface area contributed by atoms with Gasteiger partial charge in [0.25, 0.3) is 11.8 Å². The van der Waals surface area contributed by atoms with E-state index in [9.17, 15) is 28.8 Å². The van der Waals surface area contributed by atoms with Crippen molar-refractivity contribution in [2.24, 2.45) is 0 Å². The lowest BCUT2D eigenvalue weighted by Crippen LogP contribution is -2.54. The molecule has 0 spiro atoms. The van der Waals surface area contributed by atoms with Crippen LogP contribution in [0.1, 0.15) is 24.0 Å². The minimum Gasteiger partial charge on any atom is -0.351 e. The number of piperidine rings is 1. The van der Waals surface area contributed by atoms with Gasteiger partial charge in [0.15, 0.2) is 0 Å². The van der Waals surface area contributed by atoms with E-state index in [2.05, 4.69) is 26.6 Å². The van der Waals surface area contributed by atoms with Gasteiger partial charge in [-0.3, -0.25) is 29.4 Å². The van der Waals surface area contributed by atoms with Crippen LogP contribution in [0.25, 0.3) is 0 Å². The molecule has 2 heterocycles. The smallest absolute Gasteiger partial charge is 0.321 e. The predicted molar refractivity (Wildman–Crippen MR) is 151 cm³/mol. The normalized spacial score (nSPS) is 16.6. The summed E-state index contributed by atoms with van der Waals surface area (Å²) in [7, 11) is 3.14. The van der Waals surface area contributed by atoms with Gasteiger partial charge in [0.05, 0.1) is 0 Å². The van der Waals surface area contributed by atoms with E-state index in [4.69, 9.17) is 11.6 Å². The average Bonchev–Trinajstić information content (AvgIpc) is 3.17. The molecule has 2 aromatic rings. The maximum atomic E-state index is 13.1. The number of hydrogen-bond acceptors (Lipinski definition) is 7. The first-order chi connectivity index (χ1) is 19.4. The van der Waals surface area contributed by atoms with Gasteiger partial charge in [-0.05, 0) is 54.8 Å². The Bertz CT molecular complexity index is 1490. The molecular formula is C27H28ClN7O6. The van der Waals surface area contributed by atoms with Crippen molar-refractivity contribution < 1.29 is 28.8 Å². The molecule has 1 saturated heterocycles. The Morgan fingerprint density at radius 2 is 1.76 bits per heavy atom. The van der Waals surface area contributed by atoms with Crippen molar-refractivity contribution >= 4 is 64.4 Å². The van der Waals surface area contributed by atoms with Crippen molar-refractivity contribution in [1.82, 2.24) is 20.4 Å². The zero-order valence-electron chi connectivity index (χ0n) is 22.5. The number of imide groups is 2. The zero-order chi connectivity index (χ0) is 29.8. The molecule has 0 bridgehead atoms. The lowest BCUT2D eigenvalue weighted by atomic mass is 10.0. The van der Waals surface area contributed by atoms with Crippen molar-refractivity contribution in [2.45, 2.75) is 32.4 Å². The van der Waals surface area contributed by atoms with Crippen LogP contribution in [-0.2, 0) is 25.7 Å². The SMILES string of the molecule is Cc1ccc(NC(=O)NCc2cc(NC(=O)N(C)C)cc(NC3=CC(=O)N(C4CCC(=O)NC4=O)C3=O)c2)cc1Cl. The summed E-state index contributed by atoms with van der Waals surface area (Å²) >= 11 is 6.12. The van der Waals surface area contributed by atoms with E-state index in [1.807, 2.05) is 6.92 Å². The van der Waals surface area contributed by atoms with Gasteiger partial charge < -0.3 is 26.2 Å². The molecular weight excluding hydrogens is 554 g/mol. The Hall–Kier alpha value is -4.91. The Morgan fingerprint density at radius 3 is 2.44 bits per heavy atom. The molecule has 1 atom stereocenters. The number of nitrogens with one attached hydrogen (secondary N) is 5. The van der Waals surface area contributed by atoms with Crippen molar-refractivity contribution in [3.63, 3.8) is 0 Å². The van der Waals surface area contributed by atoms with Crippen molar-refractivity contribution in [1.29, 1.82) is 0 Å². The molecule has 0 radical (unpaired) electrons. The maximum absolute atomic E-state index is 13.1. The molecule has 2 aromatic carbocycles. The van der Waals surface area contributed by atoms with Gasteiger partial charge in [-0.1, -0.05) is 17.7 Å². The third-order valence-electron chi connectivity index (χ3n) is 6.29. The zero-order valence-corrected chi connectivity index (χ0v) is 23.2. The summed E-state index contributed by atoms with van der Waals surface area (Å²) in [6.07, 6.45) is 1.10. The molecule has 14 heteroatoms. The minimum atomic E-state index is -1.10. The summed E-state index contributed by atoms with van der Waals surface area (Å²) in [5.74, 6) is -2.61. The average molecular weight is 582 g/mol. The number of hydrogen-bond donors (Lipinski definition) is 5. The molecule has 0 aliphatic carbocycles. The topological polar surface area (TPSA) is 169 Å². The van der Waals surface area contributed by atoms with Gasteiger partial charge in [-0.15, -0.1) is 0 Å². The van der Waals surface area contributed by atoms with E-state index in [-0.39, 0.29) is 25.1 Å². The molecule has 5 N–H and O–H groups in total. The number of amides is 8. The first-order valence-electron chi connectivity index (χ1n) is 12.5. The van der Waals surface area contributed by atoms with Gasteiger partial charge in [0, 0.05) is 55.2 Å². The number of benzene rings is 2. The number of carbonyl (C=O) groups is 6. The molecule has 4 rings (SSSR count). The number of aryl methyl sites for hydroxylation is 1. The molecule has 2 aliphatic heterocycles. The van der Waals surface area contributed by atoms with E-state index in [1.165, 1.54) is 4.90 Å². The van der Waals surface area contributed by atoms with Crippen LogP contribution in [0.15, 0.2) is 48.2 Å². The van der Waals surface area contributed by atoms with Crippen LogP contribution in [0.5, 0.6) is 0 Å². The molecule has 0 saturated carbocycles. The van der Waals surface area contributed by atoms with Crippen LogP contribution in [0.4, 0.5) is 26.7 Å². The summed E-state index contributed by atoms with van der Waals surface area (Å²) < 4.78 is 0. The minimum absolute atomic E-state index is 0.00470. The Morgan fingerprint density at radius 1 is 1.02 bits per heavy atom. The second-order valence-electron chi connectivity index (χ2n) is 9.68. The fourth-order valence-electron chi connectivity index (χ4n) is 4.16. The second kappa shape index (κ2) is 12.1. The van der Waals surface area contributed by atoms with Crippen molar-refractivity contribution in [2.75, 3.05) is 30.0 Å². The number of halogens is 1. The lowest BCUT2D eigenvalue weighted by Gasteiger charge is -2.28. The van der Waals surface area contributed by atoms with Gasteiger partial charge in [0.2, 0.25) is 11.8 Å². The number of anilines is 3. The molecule has 8 amide bonds. The van der Waals surface area contributed by atoms with Crippen molar-refractivity contribution in [3.05, 3.63) is 64.3 Å². The molecule has 0 aromatic heterocycles. The highest BCUT2D eigenvalue weighted by Crippen LogP contribution is 2.26. The Balaban J connectivity index is 1.50. The highest BCUT2D eigenvalue weighted by atomic mass is 35.5. The van der Waals surface area contributed by atoms with Crippen LogP contribution in [0.2, 0.25) is 5.02 Å². The highest BCUT2D eigenvalue weighted by Gasteiger charge is 2.42. The molecule has 13 nitrogen and oxygen atoms in total. The summed E-state index contributed by atoms with van der Waals surface area (Å²) in [6.45, 7) is 1.89. The molecule has 41 heavy (non-hydrogen) atoms. The summed E-state index contributed by atoms with van der Waals surface area (Å²) in [5.41, 5.74) is 2.53. The first-order valence-corrected chi connectivity index (χ1v) is 12.9. The van der Waals surface area contributed by atoms with E-state index >= 15 is 0 Å². The van der Waals surface area contributed by atoms with Crippen LogP contribution < -0.4 is 26.6 Å². The second-order valence-corrected chi connectivity index (χ2v) is 10.1. The molecule has 1 fully saturated rings.